The molecule has 2 aromatic carbocycles. The van der Waals surface area contributed by atoms with Gasteiger partial charge in [-0.2, -0.15) is 0 Å². The van der Waals surface area contributed by atoms with Crippen molar-refractivity contribution in [2.45, 2.75) is 51.1 Å². The minimum atomic E-state index is 0.347. The van der Waals surface area contributed by atoms with Gasteiger partial charge in [-0.3, -0.25) is 4.99 Å². The van der Waals surface area contributed by atoms with E-state index < -0.39 is 0 Å². The van der Waals surface area contributed by atoms with Crippen LogP contribution in [0.2, 0.25) is 0 Å². The highest BCUT2D eigenvalue weighted by Gasteiger charge is 2.16. The average molecular weight is 417 g/mol. The SMILES string of the molecule is CN=C(NCCC(c1ccccc1)c1ccccc1)NCc1nnc2n1CCCCC2. The summed E-state index contributed by atoms with van der Waals surface area (Å²) in [6.45, 7) is 2.47. The van der Waals surface area contributed by atoms with Crippen molar-refractivity contribution in [3.63, 3.8) is 0 Å². The summed E-state index contributed by atoms with van der Waals surface area (Å²) in [7, 11) is 1.81. The van der Waals surface area contributed by atoms with Gasteiger partial charge in [0, 0.05) is 32.5 Å². The zero-order valence-corrected chi connectivity index (χ0v) is 18.3. The lowest BCUT2D eigenvalue weighted by atomic mass is 9.88. The molecule has 0 aliphatic carbocycles. The van der Waals surface area contributed by atoms with Crippen LogP contribution in [0.1, 0.15) is 54.4 Å². The van der Waals surface area contributed by atoms with Gasteiger partial charge in [0.25, 0.3) is 0 Å². The summed E-state index contributed by atoms with van der Waals surface area (Å²) in [5.41, 5.74) is 2.68. The van der Waals surface area contributed by atoms with Crippen molar-refractivity contribution in [2.24, 2.45) is 4.99 Å². The van der Waals surface area contributed by atoms with Crippen molar-refractivity contribution in [3.05, 3.63) is 83.4 Å². The van der Waals surface area contributed by atoms with E-state index in [4.69, 9.17) is 0 Å². The van der Waals surface area contributed by atoms with Crippen LogP contribution in [0.5, 0.6) is 0 Å². The highest BCUT2D eigenvalue weighted by molar-refractivity contribution is 5.79. The van der Waals surface area contributed by atoms with Crippen LogP contribution in [-0.2, 0) is 19.5 Å². The summed E-state index contributed by atoms with van der Waals surface area (Å²) < 4.78 is 2.27. The zero-order valence-electron chi connectivity index (χ0n) is 18.3. The predicted molar refractivity (Wildman–Crippen MR) is 125 cm³/mol. The third-order valence-corrected chi connectivity index (χ3v) is 5.95. The normalized spacial score (nSPS) is 14.2. The largest absolute Gasteiger partial charge is 0.356 e. The van der Waals surface area contributed by atoms with Gasteiger partial charge in [0.05, 0.1) is 6.54 Å². The molecule has 3 aromatic rings. The van der Waals surface area contributed by atoms with E-state index in [-0.39, 0.29) is 0 Å². The Kier molecular flexibility index (Phi) is 7.32. The number of guanidine groups is 1. The summed E-state index contributed by atoms with van der Waals surface area (Å²) in [5, 5.41) is 15.7. The third-order valence-electron chi connectivity index (χ3n) is 5.95. The summed E-state index contributed by atoms with van der Waals surface area (Å²) in [5.74, 6) is 3.25. The number of aryl methyl sites for hydroxylation is 1. The number of aromatic nitrogens is 3. The molecule has 0 amide bonds. The van der Waals surface area contributed by atoms with Crippen LogP contribution < -0.4 is 10.6 Å². The topological polar surface area (TPSA) is 67.1 Å². The fourth-order valence-corrected chi connectivity index (χ4v) is 4.29. The standard InChI is InChI=1S/C25H32N6/c1-26-25(28-19-24-30-29-23-15-9-4-10-18-31(23)24)27-17-16-22(20-11-5-2-6-12-20)21-13-7-3-8-14-21/h2-3,5-8,11-14,22H,4,9-10,15-19H2,1H3,(H2,26,27,28). The molecular formula is C25H32N6. The monoisotopic (exact) mass is 416 g/mol. The van der Waals surface area contributed by atoms with Gasteiger partial charge in [0.15, 0.2) is 11.8 Å². The molecule has 0 spiro atoms. The number of hydrogen-bond donors (Lipinski definition) is 2. The maximum Gasteiger partial charge on any atom is 0.191 e. The van der Waals surface area contributed by atoms with Crippen LogP contribution in [0.25, 0.3) is 0 Å². The average Bonchev–Trinajstić information content (AvgIpc) is 3.05. The Morgan fingerprint density at radius 2 is 1.65 bits per heavy atom. The zero-order chi connectivity index (χ0) is 21.3. The lowest BCUT2D eigenvalue weighted by molar-refractivity contribution is 0.595. The number of hydrogen-bond acceptors (Lipinski definition) is 3. The van der Waals surface area contributed by atoms with Crippen molar-refractivity contribution < 1.29 is 0 Å². The quantitative estimate of drug-likeness (QED) is 0.453. The maximum atomic E-state index is 4.40. The minimum absolute atomic E-state index is 0.347. The molecule has 6 nitrogen and oxygen atoms in total. The molecule has 162 valence electrons. The Hall–Kier alpha value is -3.15. The first kappa shape index (κ1) is 21.1. The van der Waals surface area contributed by atoms with E-state index in [0.717, 1.165) is 43.5 Å². The van der Waals surface area contributed by atoms with E-state index in [2.05, 4.69) is 91.1 Å². The molecule has 0 saturated carbocycles. The van der Waals surface area contributed by atoms with Crippen molar-refractivity contribution >= 4 is 5.96 Å². The van der Waals surface area contributed by atoms with E-state index in [1.54, 1.807) is 0 Å². The molecule has 1 aliphatic heterocycles. The van der Waals surface area contributed by atoms with Crippen molar-refractivity contribution in [1.29, 1.82) is 0 Å². The lowest BCUT2D eigenvalue weighted by Crippen LogP contribution is -2.38. The van der Waals surface area contributed by atoms with Crippen LogP contribution in [0.15, 0.2) is 65.7 Å². The number of fused-ring (bicyclic) bond motifs is 1. The minimum Gasteiger partial charge on any atom is -0.356 e. The predicted octanol–water partition coefficient (Wildman–Crippen LogP) is 3.89. The Bertz CT molecular complexity index is 925. The van der Waals surface area contributed by atoms with Gasteiger partial charge in [0.1, 0.15) is 5.82 Å². The summed E-state index contributed by atoms with van der Waals surface area (Å²) >= 11 is 0. The van der Waals surface area contributed by atoms with Crippen molar-refractivity contribution in [3.8, 4) is 0 Å². The second-order valence-electron chi connectivity index (χ2n) is 8.01. The second kappa shape index (κ2) is 10.8. The molecule has 0 bridgehead atoms. The Morgan fingerprint density at radius 3 is 2.32 bits per heavy atom. The van der Waals surface area contributed by atoms with Gasteiger partial charge in [-0.1, -0.05) is 67.1 Å². The molecule has 0 unspecified atom stereocenters. The Balaban J connectivity index is 1.34. The third kappa shape index (κ3) is 5.51. The van der Waals surface area contributed by atoms with E-state index >= 15 is 0 Å². The number of nitrogens with one attached hydrogen (secondary N) is 2. The summed E-state index contributed by atoms with van der Waals surface area (Å²) in [4.78, 5) is 4.40. The summed E-state index contributed by atoms with van der Waals surface area (Å²) in [6.07, 6.45) is 5.68. The van der Waals surface area contributed by atoms with Gasteiger partial charge >= 0.3 is 0 Å². The molecule has 1 aromatic heterocycles. The molecule has 4 rings (SSSR count). The number of rotatable bonds is 7. The van der Waals surface area contributed by atoms with Gasteiger partial charge < -0.3 is 15.2 Å². The first-order chi connectivity index (χ1) is 15.3. The fourth-order valence-electron chi connectivity index (χ4n) is 4.29. The van der Waals surface area contributed by atoms with Crippen LogP contribution >= 0.6 is 0 Å². The van der Waals surface area contributed by atoms with Gasteiger partial charge in [-0.25, -0.2) is 0 Å². The Morgan fingerprint density at radius 1 is 0.935 bits per heavy atom. The summed E-state index contributed by atoms with van der Waals surface area (Å²) in [6, 6.07) is 21.4. The first-order valence-electron chi connectivity index (χ1n) is 11.3. The van der Waals surface area contributed by atoms with Gasteiger partial charge in [-0.15, -0.1) is 10.2 Å². The van der Waals surface area contributed by atoms with E-state index in [0.29, 0.717) is 12.5 Å². The van der Waals surface area contributed by atoms with E-state index in [9.17, 15) is 0 Å². The van der Waals surface area contributed by atoms with Crippen molar-refractivity contribution in [1.82, 2.24) is 25.4 Å². The van der Waals surface area contributed by atoms with E-state index in [1.165, 1.54) is 30.4 Å². The molecule has 0 atom stereocenters. The Labute approximate surface area is 184 Å². The fraction of sp³-hybridized carbons (Fsp3) is 0.400. The van der Waals surface area contributed by atoms with E-state index in [1.807, 2.05) is 7.05 Å². The molecule has 6 heteroatoms. The highest BCUT2D eigenvalue weighted by Crippen LogP contribution is 2.27. The molecule has 0 saturated heterocycles. The van der Waals surface area contributed by atoms with Gasteiger partial charge in [0.2, 0.25) is 0 Å². The van der Waals surface area contributed by atoms with Crippen LogP contribution in [0.3, 0.4) is 0 Å². The van der Waals surface area contributed by atoms with Crippen LogP contribution in [0.4, 0.5) is 0 Å². The smallest absolute Gasteiger partial charge is 0.191 e. The lowest BCUT2D eigenvalue weighted by Gasteiger charge is -2.19. The molecular weight excluding hydrogens is 384 g/mol. The highest BCUT2D eigenvalue weighted by atomic mass is 15.3. The van der Waals surface area contributed by atoms with Crippen LogP contribution in [0, 0.1) is 0 Å². The number of benzene rings is 2. The first-order valence-corrected chi connectivity index (χ1v) is 11.3. The maximum absolute atomic E-state index is 4.40. The molecule has 31 heavy (non-hydrogen) atoms. The van der Waals surface area contributed by atoms with Crippen molar-refractivity contribution in [2.75, 3.05) is 13.6 Å². The number of nitrogens with zero attached hydrogens (tertiary/aromatic N) is 4. The molecule has 0 radical (unpaired) electrons. The number of aliphatic imine (C=N–C) groups is 1. The van der Waals surface area contributed by atoms with Crippen LogP contribution in [-0.4, -0.2) is 34.3 Å². The molecule has 1 aliphatic rings. The second-order valence-corrected chi connectivity index (χ2v) is 8.01. The molecule has 2 N–H and O–H groups in total. The molecule has 0 fully saturated rings. The van der Waals surface area contributed by atoms with Gasteiger partial charge in [-0.05, 0) is 30.4 Å². The molecule has 2 heterocycles.